The lowest BCUT2D eigenvalue weighted by molar-refractivity contribution is 0.102. The van der Waals surface area contributed by atoms with Crippen molar-refractivity contribution >= 4 is 22.4 Å². The molecule has 5 heteroatoms. The van der Waals surface area contributed by atoms with E-state index >= 15 is 0 Å². The van der Waals surface area contributed by atoms with Gasteiger partial charge in [0.25, 0.3) is 5.91 Å². The summed E-state index contributed by atoms with van der Waals surface area (Å²) in [4.78, 5) is 15.8. The third kappa shape index (κ3) is 5.27. The summed E-state index contributed by atoms with van der Waals surface area (Å²) in [5.41, 5.74) is 2.55. The maximum absolute atomic E-state index is 12.6. The monoisotopic (exact) mass is 384 g/mol. The van der Waals surface area contributed by atoms with Gasteiger partial charge in [0.05, 0.1) is 0 Å². The van der Waals surface area contributed by atoms with Crippen molar-refractivity contribution < 1.29 is 9.00 Å². The average molecular weight is 385 g/mol. The molecule has 1 amide bonds. The number of anilines is 1. The maximum atomic E-state index is 12.6. The van der Waals surface area contributed by atoms with Gasteiger partial charge in [0.1, 0.15) is 0 Å². The van der Waals surface area contributed by atoms with Gasteiger partial charge in [-0.2, -0.15) is 0 Å². The minimum absolute atomic E-state index is 0.142. The van der Waals surface area contributed by atoms with Crippen LogP contribution in [0.5, 0.6) is 0 Å². The van der Waals surface area contributed by atoms with Gasteiger partial charge in [0.15, 0.2) is 0 Å². The van der Waals surface area contributed by atoms with Crippen LogP contribution in [-0.2, 0) is 17.3 Å². The van der Waals surface area contributed by atoms with Gasteiger partial charge in [0, 0.05) is 45.8 Å². The third-order valence-electron chi connectivity index (χ3n) is 5.33. The van der Waals surface area contributed by atoms with Gasteiger partial charge in [-0.05, 0) is 55.8 Å². The molecule has 0 bridgehead atoms. The highest BCUT2D eigenvalue weighted by Crippen LogP contribution is 2.25. The summed E-state index contributed by atoms with van der Waals surface area (Å²) >= 11 is 0. The Morgan fingerprint density at radius 3 is 2.41 bits per heavy atom. The normalized spacial score (nSPS) is 16.3. The van der Waals surface area contributed by atoms with E-state index in [4.69, 9.17) is 0 Å². The molecule has 4 nitrogen and oxygen atoms in total. The summed E-state index contributed by atoms with van der Waals surface area (Å²) in [7, 11) is 1.14. The Morgan fingerprint density at radius 1 is 1.07 bits per heavy atom. The number of nitrogens with one attached hydrogen (secondary N) is 1. The van der Waals surface area contributed by atoms with E-state index in [1.54, 1.807) is 30.5 Å². The molecular weight excluding hydrogens is 356 g/mol. The fourth-order valence-electron chi connectivity index (χ4n) is 3.69. The first kappa shape index (κ1) is 19.8. The first-order valence-corrected chi connectivity index (χ1v) is 11.1. The van der Waals surface area contributed by atoms with Crippen LogP contribution < -0.4 is 5.32 Å². The molecule has 1 atom stereocenters. The zero-order valence-corrected chi connectivity index (χ0v) is 16.9. The summed E-state index contributed by atoms with van der Waals surface area (Å²) in [5.74, 6) is -0.142. The van der Waals surface area contributed by atoms with Crippen molar-refractivity contribution in [2.24, 2.45) is 0 Å². The summed E-state index contributed by atoms with van der Waals surface area (Å²) in [6, 6.07) is 15.6. The quantitative estimate of drug-likeness (QED) is 0.801. The first-order chi connectivity index (χ1) is 13.0. The number of nitrogens with zero attached hydrogens (tertiary/aromatic N) is 1. The van der Waals surface area contributed by atoms with Crippen LogP contribution in [0.4, 0.5) is 5.69 Å². The molecule has 3 rings (SSSR count). The second kappa shape index (κ2) is 9.29. The van der Waals surface area contributed by atoms with Crippen LogP contribution in [0, 0.1) is 0 Å². The molecule has 1 saturated carbocycles. The SMILES string of the molecule is CN(Cc1ccccc1NC(=O)c1ccc(S(C)=O)cc1)C1CCCCC1. The van der Waals surface area contributed by atoms with Crippen molar-refractivity contribution in [3.05, 3.63) is 59.7 Å². The second-order valence-corrected chi connectivity index (χ2v) is 8.68. The van der Waals surface area contributed by atoms with E-state index in [2.05, 4.69) is 23.3 Å². The Labute approximate surface area is 164 Å². The number of benzene rings is 2. The fraction of sp³-hybridized carbons (Fsp3) is 0.409. The van der Waals surface area contributed by atoms with Crippen molar-refractivity contribution in [1.29, 1.82) is 0 Å². The summed E-state index contributed by atoms with van der Waals surface area (Å²) < 4.78 is 11.5. The van der Waals surface area contributed by atoms with Crippen LogP contribution in [0.1, 0.15) is 48.0 Å². The topological polar surface area (TPSA) is 49.4 Å². The molecule has 0 heterocycles. The van der Waals surface area contributed by atoms with Crippen LogP contribution in [0.15, 0.2) is 53.4 Å². The highest BCUT2D eigenvalue weighted by molar-refractivity contribution is 7.84. The molecule has 27 heavy (non-hydrogen) atoms. The van der Waals surface area contributed by atoms with Crippen LogP contribution >= 0.6 is 0 Å². The zero-order valence-electron chi connectivity index (χ0n) is 16.1. The Bertz CT molecular complexity index is 798. The Hall–Kier alpha value is -1.98. The molecule has 144 valence electrons. The molecule has 0 aliphatic heterocycles. The van der Waals surface area contributed by atoms with Crippen molar-refractivity contribution in [3.8, 4) is 0 Å². The van der Waals surface area contributed by atoms with Crippen molar-refractivity contribution in [2.45, 2.75) is 49.6 Å². The van der Waals surface area contributed by atoms with Gasteiger partial charge < -0.3 is 5.32 Å². The maximum Gasteiger partial charge on any atom is 0.255 e. The standard InChI is InChI=1S/C22H28N2O2S/c1-24(19-9-4-3-5-10-19)16-18-8-6-7-11-21(18)23-22(25)17-12-14-20(15-13-17)27(2)26/h6-8,11-15,19H,3-5,9-10,16H2,1-2H3,(H,23,25). The number of hydrogen-bond acceptors (Lipinski definition) is 3. The minimum atomic E-state index is -1.04. The summed E-state index contributed by atoms with van der Waals surface area (Å²) in [5, 5.41) is 3.04. The predicted octanol–water partition coefficient (Wildman–Crippen LogP) is 4.44. The number of para-hydroxylation sites is 1. The smallest absolute Gasteiger partial charge is 0.255 e. The minimum Gasteiger partial charge on any atom is -0.322 e. The average Bonchev–Trinajstić information content (AvgIpc) is 2.70. The molecule has 2 aromatic carbocycles. The van der Waals surface area contributed by atoms with Crippen LogP contribution in [0.2, 0.25) is 0 Å². The molecule has 1 aliphatic rings. The van der Waals surface area contributed by atoms with E-state index in [9.17, 15) is 9.00 Å². The van der Waals surface area contributed by atoms with E-state index < -0.39 is 10.8 Å². The molecule has 0 aromatic heterocycles. The summed E-state index contributed by atoms with van der Waals surface area (Å²) in [6.07, 6.45) is 8.12. The Balaban J connectivity index is 1.69. The van der Waals surface area contributed by atoms with Crippen molar-refractivity contribution in [2.75, 3.05) is 18.6 Å². The van der Waals surface area contributed by atoms with Crippen LogP contribution in [-0.4, -0.2) is 34.4 Å². The Kier molecular flexibility index (Phi) is 6.80. The van der Waals surface area contributed by atoms with E-state index in [1.807, 2.05) is 18.2 Å². The molecule has 1 unspecified atom stereocenters. The lowest BCUT2D eigenvalue weighted by Crippen LogP contribution is -2.33. The molecular formula is C22H28N2O2S. The predicted molar refractivity (Wildman–Crippen MR) is 112 cm³/mol. The summed E-state index contributed by atoms with van der Waals surface area (Å²) in [6.45, 7) is 0.828. The molecule has 1 fully saturated rings. The van der Waals surface area contributed by atoms with Crippen molar-refractivity contribution in [1.82, 2.24) is 4.90 Å². The molecule has 1 aliphatic carbocycles. The van der Waals surface area contributed by atoms with E-state index in [0.717, 1.165) is 22.7 Å². The van der Waals surface area contributed by atoms with E-state index in [1.165, 1.54) is 32.1 Å². The number of rotatable bonds is 6. The molecule has 0 spiro atoms. The first-order valence-electron chi connectivity index (χ1n) is 9.57. The van der Waals surface area contributed by atoms with Crippen molar-refractivity contribution in [3.63, 3.8) is 0 Å². The molecule has 2 aromatic rings. The second-order valence-electron chi connectivity index (χ2n) is 7.30. The van der Waals surface area contributed by atoms with Gasteiger partial charge in [-0.25, -0.2) is 0 Å². The molecule has 0 saturated heterocycles. The van der Waals surface area contributed by atoms with E-state index in [-0.39, 0.29) is 5.91 Å². The molecule has 0 radical (unpaired) electrons. The lowest BCUT2D eigenvalue weighted by Gasteiger charge is -2.31. The fourth-order valence-corrected chi connectivity index (χ4v) is 4.21. The van der Waals surface area contributed by atoms with Gasteiger partial charge >= 0.3 is 0 Å². The van der Waals surface area contributed by atoms with E-state index in [0.29, 0.717) is 11.6 Å². The van der Waals surface area contributed by atoms with Gasteiger partial charge in [0.2, 0.25) is 0 Å². The number of hydrogen-bond donors (Lipinski definition) is 1. The third-order valence-corrected chi connectivity index (χ3v) is 6.27. The molecule has 1 N–H and O–H groups in total. The van der Waals surface area contributed by atoms with Crippen LogP contribution in [0.3, 0.4) is 0 Å². The number of carbonyl (C=O) groups is 1. The Morgan fingerprint density at radius 2 is 1.74 bits per heavy atom. The van der Waals surface area contributed by atoms with Gasteiger partial charge in [-0.15, -0.1) is 0 Å². The number of amides is 1. The highest BCUT2D eigenvalue weighted by atomic mass is 32.2. The van der Waals surface area contributed by atoms with Gasteiger partial charge in [-0.1, -0.05) is 37.5 Å². The zero-order chi connectivity index (χ0) is 19.2. The number of carbonyl (C=O) groups excluding carboxylic acids is 1. The largest absolute Gasteiger partial charge is 0.322 e. The highest BCUT2D eigenvalue weighted by Gasteiger charge is 2.19. The lowest BCUT2D eigenvalue weighted by atomic mass is 9.94. The van der Waals surface area contributed by atoms with Gasteiger partial charge in [-0.3, -0.25) is 13.9 Å². The van der Waals surface area contributed by atoms with Crippen LogP contribution in [0.25, 0.3) is 0 Å².